The average Bonchev–Trinajstić information content (AvgIpc) is 2.43. The third kappa shape index (κ3) is 3.07. The van der Waals surface area contributed by atoms with Crippen molar-refractivity contribution in [1.82, 2.24) is 10.3 Å². The highest BCUT2D eigenvalue weighted by Gasteiger charge is 2.14. The van der Waals surface area contributed by atoms with Gasteiger partial charge >= 0.3 is 0 Å². The SMILES string of the molecule is CNCc1cccnc1Oc1ccc([N+](=O)[O-])cc1F. The molecule has 0 saturated carbocycles. The molecule has 1 aromatic carbocycles. The third-order valence-electron chi connectivity index (χ3n) is 2.55. The molecule has 104 valence electrons. The smallest absolute Gasteiger partial charge is 0.272 e. The molecule has 1 N–H and O–H groups in total. The van der Waals surface area contributed by atoms with E-state index in [2.05, 4.69) is 10.3 Å². The molecule has 0 spiro atoms. The molecule has 6 nitrogen and oxygen atoms in total. The van der Waals surface area contributed by atoms with E-state index in [1.165, 1.54) is 18.3 Å². The Morgan fingerprint density at radius 3 is 2.90 bits per heavy atom. The highest BCUT2D eigenvalue weighted by Crippen LogP contribution is 2.28. The van der Waals surface area contributed by atoms with Crippen LogP contribution < -0.4 is 10.1 Å². The van der Waals surface area contributed by atoms with Crippen molar-refractivity contribution < 1.29 is 14.1 Å². The molecule has 7 heteroatoms. The van der Waals surface area contributed by atoms with E-state index >= 15 is 0 Å². The Bertz CT molecular complexity index is 634. The first-order valence-corrected chi connectivity index (χ1v) is 5.82. The van der Waals surface area contributed by atoms with Gasteiger partial charge in [0.1, 0.15) is 0 Å². The molecule has 0 aliphatic heterocycles. The van der Waals surface area contributed by atoms with Crippen LogP contribution in [0.15, 0.2) is 36.5 Å². The van der Waals surface area contributed by atoms with Crippen LogP contribution in [0.25, 0.3) is 0 Å². The molecule has 2 aromatic rings. The number of nitrogens with one attached hydrogen (secondary N) is 1. The van der Waals surface area contributed by atoms with Gasteiger partial charge in [0.2, 0.25) is 5.88 Å². The lowest BCUT2D eigenvalue weighted by Crippen LogP contribution is -2.07. The molecule has 0 unspecified atom stereocenters. The first-order valence-electron chi connectivity index (χ1n) is 5.82. The highest BCUT2D eigenvalue weighted by molar-refractivity contribution is 5.40. The minimum atomic E-state index is -0.805. The maximum atomic E-state index is 13.7. The first kappa shape index (κ1) is 13.9. The number of rotatable bonds is 5. The van der Waals surface area contributed by atoms with Gasteiger partial charge < -0.3 is 10.1 Å². The normalized spacial score (nSPS) is 10.3. The van der Waals surface area contributed by atoms with Gasteiger partial charge in [-0.2, -0.15) is 0 Å². The lowest BCUT2D eigenvalue weighted by molar-refractivity contribution is -0.385. The molecule has 0 amide bonds. The summed E-state index contributed by atoms with van der Waals surface area (Å²) in [5, 5.41) is 13.5. The number of halogens is 1. The van der Waals surface area contributed by atoms with E-state index in [1.807, 2.05) is 0 Å². The lowest BCUT2D eigenvalue weighted by Gasteiger charge is -2.09. The fourth-order valence-electron chi connectivity index (χ4n) is 1.63. The number of hydrogen-bond donors (Lipinski definition) is 1. The molecule has 1 aromatic heterocycles. The molecule has 0 radical (unpaired) electrons. The Morgan fingerprint density at radius 1 is 1.45 bits per heavy atom. The Labute approximate surface area is 114 Å². The van der Waals surface area contributed by atoms with Gasteiger partial charge in [0, 0.05) is 24.4 Å². The van der Waals surface area contributed by atoms with Crippen molar-refractivity contribution in [3.63, 3.8) is 0 Å². The second-order valence-electron chi connectivity index (χ2n) is 3.97. The van der Waals surface area contributed by atoms with Crippen LogP contribution in [0.4, 0.5) is 10.1 Å². The zero-order chi connectivity index (χ0) is 14.5. The predicted molar refractivity (Wildman–Crippen MR) is 70.1 cm³/mol. The van der Waals surface area contributed by atoms with Crippen molar-refractivity contribution in [2.24, 2.45) is 0 Å². The quantitative estimate of drug-likeness (QED) is 0.671. The van der Waals surface area contributed by atoms with Gasteiger partial charge in [0.05, 0.1) is 11.0 Å². The Morgan fingerprint density at radius 2 is 2.25 bits per heavy atom. The molecule has 20 heavy (non-hydrogen) atoms. The summed E-state index contributed by atoms with van der Waals surface area (Å²) in [6, 6.07) is 6.74. The first-order chi connectivity index (χ1) is 9.61. The van der Waals surface area contributed by atoms with Crippen molar-refractivity contribution in [3.05, 3.63) is 58.0 Å². The van der Waals surface area contributed by atoms with Gasteiger partial charge in [-0.05, 0) is 19.2 Å². The number of aromatic nitrogens is 1. The number of nitro groups is 1. The molecule has 0 fully saturated rings. The molecule has 0 aliphatic rings. The van der Waals surface area contributed by atoms with Gasteiger partial charge in [-0.25, -0.2) is 9.37 Å². The van der Waals surface area contributed by atoms with Gasteiger partial charge in [-0.1, -0.05) is 6.07 Å². The fourth-order valence-corrected chi connectivity index (χ4v) is 1.63. The predicted octanol–water partition coefficient (Wildman–Crippen LogP) is 2.64. The van der Waals surface area contributed by atoms with E-state index < -0.39 is 10.7 Å². The monoisotopic (exact) mass is 277 g/mol. The number of nitro benzene ring substituents is 1. The average molecular weight is 277 g/mol. The van der Waals surface area contributed by atoms with E-state index in [0.29, 0.717) is 6.54 Å². The summed E-state index contributed by atoms with van der Waals surface area (Å²) in [5.41, 5.74) is 0.430. The molecular formula is C13H12FN3O3. The lowest BCUT2D eigenvalue weighted by atomic mass is 10.2. The van der Waals surface area contributed by atoms with Crippen LogP contribution in [0, 0.1) is 15.9 Å². The maximum Gasteiger partial charge on any atom is 0.272 e. The summed E-state index contributed by atoms with van der Waals surface area (Å²) in [7, 11) is 1.77. The van der Waals surface area contributed by atoms with Crippen molar-refractivity contribution in [2.45, 2.75) is 6.54 Å². The summed E-state index contributed by atoms with van der Waals surface area (Å²) >= 11 is 0. The van der Waals surface area contributed by atoms with E-state index in [-0.39, 0.29) is 17.3 Å². The van der Waals surface area contributed by atoms with Gasteiger partial charge in [-0.3, -0.25) is 10.1 Å². The summed E-state index contributed by atoms with van der Waals surface area (Å²) in [4.78, 5) is 13.9. The number of benzene rings is 1. The zero-order valence-corrected chi connectivity index (χ0v) is 10.7. The molecule has 0 bridgehead atoms. The van der Waals surface area contributed by atoms with Crippen LogP contribution in [-0.4, -0.2) is 17.0 Å². The molecule has 0 atom stereocenters. The number of non-ortho nitro benzene ring substituents is 1. The second-order valence-corrected chi connectivity index (χ2v) is 3.97. The van der Waals surface area contributed by atoms with E-state index in [0.717, 1.165) is 11.6 Å². The van der Waals surface area contributed by atoms with Crippen molar-refractivity contribution >= 4 is 5.69 Å². The van der Waals surface area contributed by atoms with Crippen LogP contribution >= 0.6 is 0 Å². The zero-order valence-electron chi connectivity index (χ0n) is 10.7. The Kier molecular flexibility index (Phi) is 4.21. The van der Waals surface area contributed by atoms with E-state index in [4.69, 9.17) is 4.74 Å². The van der Waals surface area contributed by atoms with Gasteiger partial charge in [0.15, 0.2) is 11.6 Å². The molecule has 2 rings (SSSR count). The minimum absolute atomic E-state index is 0.105. The van der Waals surface area contributed by atoms with Crippen LogP contribution in [0.5, 0.6) is 11.6 Å². The van der Waals surface area contributed by atoms with Crippen molar-refractivity contribution in [2.75, 3.05) is 7.05 Å². The second kappa shape index (κ2) is 6.07. The van der Waals surface area contributed by atoms with E-state index in [9.17, 15) is 14.5 Å². The van der Waals surface area contributed by atoms with Crippen LogP contribution in [-0.2, 0) is 6.54 Å². The van der Waals surface area contributed by atoms with Crippen LogP contribution in [0.1, 0.15) is 5.56 Å². The number of hydrogen-bond acceptors (Lipinski definition) is 5. The topological polar surface area (TPSA) is 77.3 Å². The number of ether oxygens (including phenoxy) is 1. The standard InChI is InChI=1S/C13H12FN3O3/c1-15-8-9-3-2-6-16-13(9)20-12-5-4-10(17(18)19)7-11(12)14/h2-7,15H,8H2,1H3. The molecule has 1 heterocycles. The number of nitrogens with zero attached hydrogens (tertiary/aromatic N) is 2. The Balaban J connectivity index is 2.28. The summed E-state index contributed by atoms with van der Waals surface area (Å²) in [6.07, 6.45) is 1.53. The largest absolute Gasteiger partial charge is 0.436 e. The van der Waals surface area contributed by atoms with Crippen molar-refractivity contribution in [3.8, 4) is 11.6 Å². The minimum Gasteiger partial charge on any atom is -0.436 e. The van der Waals surface area contributed by atoms with Gasteiger partial charge in [-0.15, -0.1) is 0 Å². The summed E-state index contributed by atoms with van der Waals surface area (Å²) in [6.45, 7) is 0.512. The molecule has 0 saturated heterocycles. The van der Waals surface area contributed by atoms with Crippen molar-refractivity contribution in [1.29, 1.82) is 0 Å². The van der Waals surface area contributed by atoms with E-state index in [1.54, 1.807) is 19.2 Å². The van der Waals surface area contributed by atoms with Gasteiger partial charge in [0.25, 0.3) is 5.69 Å². The third-order valence-corrected chi connectivity index (χ3v) is 2.55. The van der Waals surface area contributed by atoms with Crippen LogP contribution in [0.3, 0.4) is 0 Å². The highest BCUT2D eigenvalue weighted by atomic mass is 19.1. The fraction of sp³-hybridized carbons (Fsp3) is 0.154. The maximum absolute atomic E-state index is 13.7. The molecular weight excluding hydrogens is 265 g/mol. The Hall–Kier alpha value is -2.54. The summed E-state index contributed by atoms with van der Waals surface area (Å²) in [5.74, 6) is -0.651. The number of pyridine rings is 1. The molecule has 0 aliphatic carbocycles. The van der Waals surface area contributed by atoms with Crippen LogP contribution in [0.2, 0.25) is 0 Å². The summed E-state index contributed by atoms with van der Waals surface area (Å²) < 4.78 is 19.1.